The first-order chi connectivity index (χ1) is 6.22. The van der Waals surface area contributed by atoms with E-state index in [0.29, 0.717) is 0 Å². The van der Waals surface area contributed by atoms with Crippen LogP contribution in [0, 0.1) is 18.3 Å². The van der Waals surface area contributed by atoms with Crippen molar-refractivity contribution in [1.82, 2.24) is 9.80 Å². The highest BCUT2D eigenvalue weighted by atomic mass is 15.3. The largest absolute Gasteiger partial charge is 0.301 e. The highest BCUT2D eigenvalue weighted by Crippen LogP contribution is 2.04. The van der Waals surface area contributed by atoms with Crippen molar-refractivity contribution >= 4 is 0 Å². The van der Waals surface area contributed by atoms with Crippen LogP contribution in [0.5, 0.6) is 0 Å². The van der Waals surface area contributed by atoms with Gasteiger partial charge in [-0.2, -0.15) is 0 Å². The van der Waals surface area contributed by atoms with Gasteiger partial charge in [0.05, 0.1) is 6.54 Å². The van der Waals surface area contributed by atoms with E-state index in [1.165, 1.54) is 19.6 Å². The molecule has 0 radical (unpaired) electrons. The van der Waals surface area contributed by atoms with Crippen LogP contribution in [0.15, 0.2) is 0 Å². The van der Waals surface area contributed by atoms with Crippen molar-refractivity contribution in [3.05, 3.63) is 0 Å². The molecular formula is C11H20N2. The number of terminal acetylenes is 1. The van der Waals surface area contributed by atoms with Crippen LogP contribution in [0.4, 0.5) is 0 Å². The molecule has 0 amide bonds. The Balaban J connectivity index is 2.19. The highest BCUT2D eigenvalue weighted by molar-refractivity contribution is 4.89. The summed E-state index contributed by atoms with van der Waals surface area (Å²) in [5, 5.41) is 0. The van der Waals surface area contributed by atoms with E-state index in [1.807, 2.05) is 0 Å². The van der Waals surface area contributed by atoms with Gasteiger partial charge >= 0.3 is 0 Å². The number of hydrogen-bond acceptors (Lipinski definition) is 2. The van der Waals surface area contributed by atoms with Crippen molar-refractivity contribution in [2.45, 2.75) is 13.8 Å². The summed E-state index contributed by atoms with van der Waals surface area (Å²) in [6, 6.07) is 0. The summed E-state index contributed by atoms with van der Waals surface area (Å²) < 4.78 is 0. The molecule has 0 aliphatic carbocycles. The van der Waals surface area contributed by atoms with E-state index in [9.17, 15) is 0 Å². The number of nitrogens with zero attached hydrogens (tertiary/aromatic N) is 2. The molecule has 74 valence electrons. The molecule has 1 saturated heterocycles. The summed E-state index contributed by atoms with van der Waals surface area (Å²) in [5.74, 6) is 3.48. The van der Waals surface area contributed by atoms with Gasteiger partial charge < -0.3 is 4.90 Å². The van der Waals surface area contributed by atoms with Crippen molar-refractivity contribution in [2.24, 2.45) is 5.92 Å². The average molecular weight is 180 g/mol. The predicted octanol–water partition coefficient (Wildman–Crippen LogP) is 0.893. The van der Waals surface area contributed by atoms with Gasteiger partial charge in [0.25, 0.3) is 0 Å². The third-order valence-corrected chi connectivity index (χ3v) is 2.40. The molecule has 2 nitrogen and oxygen atoms in total. The lowest BCUT2D eigenvalue weighted by Crippen LogP contribution is -2.47. The van der Waals surface area contributed by atoms with Crippen LogP contribution in [0.3, 0.4) is 0 Å². The molecule has 0 unspecified atom stereocenters. The van der Waals surface area contributed by atoms with Crippen LogP contribution < -0.4 is 0 Å². The Hall–Kier alpha value is -0.520. The standard InChI is InChI=1S/C11H20N2/c1-4-5-12-6-8-13(9-7-12)10-11(2)3/h1,11H,5-10H2,2-3H3. The SMILES string of the molecule is C#CCN1CCN(CC(C)C)CC1. The summed E-state index contributed by atoms with van der Waals surface area (Å²) in [6.07, 6.45) is 5.27. The monoisotopic (exact) mass is 180 g/mol. The molecule has 1 fully saturated rings. The maximum atomic E-state index is 5.27. The third kappa shape index (κ3) is 3.80. The van der Waals surface area contributed by atoms with Gasteiger partial charge in [-0.25, -0.2) is 0 Å². The Morgan fingerprint density at radius 2 is 1.69 bits per heavy atom. The first-order valence-corrected chi connectivity index (χ1v) is 5.10. The van der Waals surface area contributed by atoms with Gasteiger partial charge in [-0.1, -0.05) is 19.8 Å². The molecule has 0 aromatic rings. The Labute approximate surface area is 81.9 Å². The fourth-order valence-electron chi connectivity index (χ4n) is 1.78. The smallest absolute Gasteiger partial charge is 0.0599 e. The molecule has 1 aliphatic heterocycles. The van der Waals surface area contributed by atoms with Gasteiger partial charge in [0.15, 0.2) is 0 Å². The van der Waals surface area contributed by atoms with Gasteiger partial charge in [-0.3, -0.25) is 4.90 Å². The maximum Gasteiger partial charge on any atom is 0.0599 e. The van der Waals surface area contributed by atoms with E-state index in [4.69, 9.17) is 6.42 Å². The molecule has 1 rings (SSSR count). The number of rotatable bonds is 3. The summed E-state index contributed by atoms with van der Waals surface area (Å²) in [5.41, 5.74) is 0. The molecule has 0 bridgehead atoms. The van der Waals surface area contributed by atoms with Crippen LogP contribution in [-0.2, 0) is 0 Å². The Bertz CT molecular complexity index is 173. The van der Waals surface area contributed by atoms with Crippen LogP contribution in [-0.4, -0.2) is 49.1 Å². The molecule has 0 N–H and O–H groups in total. The maximum absolute atomic E-state index is 5.27. The lowest BCUT2D eigenvalue weighted by Gasteiger charge is -2.34. The van der Waals surface area contributed by atoms with Crippen molar-refractivity contribution in [1.29, 1.82) is 0 Å². The quantitative estimate of drug-likeness (QED) is 0.595. The zero-order valence-corrected chi connectivity index (χ0v) is 8.79. The predicted molar refractivity (Wildman–Crippen MR) is 56.6 cm³/mol. The molecule has 0 aromatic carbocycles. The minimum absolute atomic E-state index is 0.777. The van der Waals surface area contributed by atoms with Gasteiger partial charge in [0.2, 0.25) is 0 Å². The average Bonchev–Trinajstić information content (AvgIpc) is 2.08. The van der Waals surface area contributed by atoms with Crippen LogP contribution in [0.25, 0.3) is 0 Å². The number of piperazine rings is 1. The minimum atomic E-state index is 0.777. The van der Waals surface area contributed by atoms with Gasteiger partial charge in [-0.05, 0) is 5.92 Å². The van der Waals surface area contributed by atoms with Crippen LogP contribution >= 0.6 is 0 Å². The normalized spacial score (nSPS) is 20.5. The van der Waals surface area contributed by atoms with Crippen LogP contribution in [0.1, 0.15) is 13.8 Å². The van der Waals surface area contributed by atoms with Crippen LogP contribution in [0.2, 0.25) is 0 Å². The van der Waals surface area contributed by atoms with E-state index in [-0.39, 0.29) is 0 Å². The second kappa shape index (κ2) is 5.26. The summed E-state index contributed by atoms with van der Waals surface area (Å²) >= 11 is 0. The minimum Gasteiger partial charge on any atom is -0.301 e. The topological polar surface area (TPSA) is 6.48 Å². The first-order valence-electron chi connectivity index (χ1n) is 5.10. The van der Waals surface area contributed by atoms with Gasteiger partial charge in [0, 0.05) is 32.7 Å². The van der Waals surface area contributed by atoms with Gasteiger partial charge in [0.1, 0.15) is 0 Å². The lowest BCUT2D eigenvalue weighted by molar-refractivity contribution is 0.133. The van der Waals surface area contributed by atoms with Crippen molar-refractivity contribution in [2.75, 3.05) is 39.3 Å². The fourth-order valence-corrected chi connectivity index (χ4v) is 1.78. The molecule has 0 aromatic heterocycles. The zero-order valence-electron chi connectivity index (χ0n) is 8.79. The van der Waals surface area contributed by atoms with Crippen molar-refractivity contribution in [3.8, 4) is 12.3 Å². The van der Waals surface area contributed by atoms with Crippen molar-refractivity contribution < 1.29 is 0 Å². The third-order valence-electron chi connectivity index (χ3n) is 2.40. The van der Waals surface area contributed by atoms with E-state index in [0.717, 1.165) is 25.6 Å². The fraction of sp³-hybridized carbons (Fsp3) is 0.818. The highest BCUT2D eigenvalue weighted by Gasteiger charge is 2.15. The Kier molecular flexibility index (Phi) is 4.27. The Morgan fingerprint density at radius 1 is 1.15 bits per heavy atom. The van der Waals surface area contributed by atoms with E-state index >= 15 is 0 Å². The molecule has 1 heterocycles. The zero-order chi connectivity index (χ0) is 9.68. The number of hydrogen-bond donors (Lipinski definition) is 0. The molecule has 0 spiro atoms. The molecule has 2 heteroatoms. The first kappa shape index (κ1) is 10.6. The summed E-state index contributed by atoms with van der Waals surface area (Å²) in [7, 11) is 0. The second-order valence-electron chi connectivity index (χ2n) is 4.17. The molecule has 1 aliphatic rings. The molecule has 0 atom stereocenters. The Morgan fingerprint density at radius 3 is 2.15 bits per heavy atom. The summed E-state index contributed by atoms with van der Waals surface area (Å²) in [6.45, 7) is 11.2. The second-order valence-corrected chi connectivity index (χ2v) is 4.17. The van der Waals surface area contributed by atoms with E-state index < -0.39 is 0 Å². The van der Waals surface area contributed by atoms with Gasteiger partial charge in [-0.15, -0.1) is 6.42 Å². The van der Waals surface area contributed by atoms with E-state index in [1.54, 1.807) is 0 Å². The summed E-state index contributed by atoms with van der Waals surface area (Å²) in [4.78, 5) is 4.87. The van der Waals surface area contributed by atoms with Crippen molar-refractivity contribution in [3.63, 3.8) is 0 Å². The molecule has 13 heavy (non-hydrogen) atoms. The van der Waals surface area contributed by atoms with E-state index in [2.05, 4.69) is 29.6 Å². The lowest BCUT2D eigenvalue weighted by atomic mass is 10.2. The molecule has 0 saturated carbocycles. The molecular weight excluding hydrogens is 160 g/mol.